The van der Waals surface area contributed by atoms with Gasteiger partial charge in [0.1, 0.15) is 11.5 Å². The molecule has 0 saturated carbocycles. The van der Waals surface area contributed by atoms with Crippen molar-refractivity contribution < 1.29 is 14.6 Å². The van der Waals surface area contributed by atoms with Crippen molar-refractivity contribution in [2.24, 2.45) is 0 Å². The average Bonchev–Trinajstić information content (AvgIpc) is 2.43. The Labute approximate surface area is 109 Å². The molecule has 2 atom stereocenters. The largest absolute Gasteiger partial charge is 0.497 e. The number of hydrogen-bond acceptors (Lipinski definition) is 4. The maximum Gasteiger partial charge on any atom is 0.127 e. The van der Waals surface area contributed by atoms with Crippen LogP contribution in [-0.2, 0) is 0 Å². The lowest BCUT2D eigenvalue weighted by molar-refractivity contribution is 0.229. The van der Waals surface area contributed by atoms with Gasteiger partial charge >= 0.3 is 0 Å². The predicted octanol–water partition coefficient (Wildman–Crippen LogP) is 2.13. The topological polar surface area (TPSA) is 50.7 Å². The minimum Gasteiger partial charge on any atom is -0.497 e. The summed E-state index contributed by atoms with van der Waals surface area (Å²) in [6, 6.07) is 5.98. The zero-order valence-corrected chi connectivity index (χ0v) is 11.6. The number of methoxy groups -OCH3 is 2. The van der Waals surface area contributed by atoms with E-state index in [-0.39, 0.29) is 18.7 Å². The van der Waals surface area contributed by atoms with Gasteiger partial charge in [0, 0.05) is 23.7 Å². The van der Waals surface area contributed by atoms with Gasteiger partial charge in [0.05, 0.1) is 20.8 Å². The summed E-state index contributed by atoms with van der Waals surface area (Å²) in [6.07, 6.45) is 0.888. The van der Waals surface area contributed by atoms with Crippen LogP contribution in [0.1, 0.15) is 31.9 Å². The highest BCUT2D eigenvalue weighted by Crippen LogP contribution is 2.29. The van der Waals surface area contributed by atoms with Crippen molar-refractivity contribution in [1.82, 2.24) is 5.32 Å². The van der Waals surface area contributed by atoms with Crippen molar-refractivity contribution in [1.29, 1.82) is 0 Å². The van der Waals surface area contributed by atoms with Crippen LogP contribution in [-0.4, -0.2) is 32.0 Å². The Hall–Kier alpha value is -1.26. The molecule has 0 fully saturated rings. The highest BCUT2D eigenvalue weighted by molar-refractivity contribution is 5.42. The molecule has 0 spiro atoms. The number of benzene rings is 1. The lowest BCUT2D eigenvalue weighted by atomic mass is 10.1. The van der Waals surface area contributed by atoms with Gasteiger partial charge < -0.3 is 19.9 Å². The Morgan fingerprint density at radius 2 is 2.00 bits per heavy atom. The molecule has 4 heteroatoms. The van der Waals surface area contributed by atoms with E-state index in [1.807, 2.05) is 25.1 Å². The summed E-state index contributed by atoms with van der Waals surface area (Å²) in [5.74, 6) is 1.57. The quantitative estimate of drug-likeness (QED) is 0.781. The van der Waals surface area contributed by atoms with Gasteiger partial charge in [0.15, 0.2) is 0 Å². The highest BCUT2D eigenvalue weighted by Gasteiger charge is 2.15. The normalized spacial score (nSPS) is 14.1. The second-order valence-corrected chi connectivity index (χ2v) is 4.28. The molecule has 1 rings (SSSR count). The van der Waals surface area contributed by atoms with E-state index in [9.17, 15) is 5.11 Å². The number of rotatable bonds is 7. The predicted molar refractivity (Wildman–Crippen MR) is 72.3 cm³/mol. The smallest absolute Gasteiger partial charge is 0.127 e. The van der Waals surface area contributed by atoms with Crippen LogP contribution < -0.4 is 14.8 Å². The van der Waals surface area contributed by atoms with Gasteiger partial charge in [-0.3, -0.25) is 0 Å². The molecule has 0 bridgehead atoms. The zero-order chi connectivity index (χ0) is 13.5. The maximum absolute atomic E-state index is 9.22. The summed E-state index contributed by atoms with van der Waals surface area (Å²) in [5.41, 5.74) is 1.06. The molecule has 4 nitrogen and oxygen atoms in total. The minimum atomic E-state index is 0.104. The van der Waals surface area contributed by atoms with Gasteiger partial charge in [0.25, 0.3) is 0 Å². The van der Waals surface area contributed by atoms with Crippen LogP contribution in [0.4, 0.5) is 0 Å². The first-order chi connectivity index (χ1) is 8.65. The molecule has 0 aliphatic heterocycles. The summed E-state index contributed by atoms with van der Waals surface area (Å²) < 4.78 is 10.5. The first-order valence-corrected chi connectivity index (χ1v) is 6.25. The van der Waals surface area contributed by atoms with Crippen molar-refractivity contribution in [3.05, 3.63) is 23.8 Å². The Morgan fingerprint density at radius 1 is 1.28 bits per heavy atom. The molecule has 0 amide bonds. The first kappa shape index (κ1) is 14.8. The Bertz CT molecular complexity index is 364. The van der Waals surface area contributed by atoms with E-state index >= 15 is 0 Å². The summed E-state index contributed by atoms with van der Waals surface area (Å²) in [4.78, 5) is 0. The molecule has 0 saturated heterocycles. The second kappa shape index (κ2) is 7.24. The molecule has 2 N–H and O–H groups in total. The van der Waals surface area contributed by atoms with Gasteiger partial charge in [-0.15, -0.1) is 0 Å². The zero-order valence-electron chi connectivity index (χ0n) is 11.6. The average molecular weight is 253 g/mol. The molecular weight excluding hydrogens is 230 g/mol. The van der Waals surface area contributed by atoms with Crippen LogP contribution in [0, 0.1) is 0 Å². The van der Waals surface area contributed by atoms with Crippen LogP contribution >= 0.6 is 0 Å². The molecule has 1 aromatic rings. The van der Waals surface area contributed by atoms with E-state index in [4.69, 9.17) is 9.47 Å². The summed E-state index contributed by atoms with van der Waals surface area (Å²) in [5, 5.41) is 12.6. The molecule has 2 unspecified atom stereocenters. The monoisotopic (exact) mass is 253 g/mol. The van der Waals surface area contributed by atoms with Crippen LogP contribution in [0.2, 0.25) is 0 Å². The third-order valence-corrected chi connectivity index (χ3v) is 3.11. The fourth-order valence-electron chi connectivity index (χ4n) is 1.92. The van der Waals surface area contributed by atoms with Crippen LogP contribution in [0.5, 0.6) is 11.5 Å². The number of aliphatic hydroxyl groups excluding tert-OH is 1. The number of aliphatic hydroxyl groups is 1. The number of hydrogen-bond donors (Lipinski definition) is 2. The fourth-order valence-corrected chi connectivity index (χ4v) is 1.92. The van der Waals surface area contributed by atoms with Gasteiger partial charge in [-0.25, -0.2) is 0 Å². The molecule has 1 aromatic carbocycles. The fraction of sp³-hybridized carbons (Fsp3) is 0.571. The SMILES string of the molecule is CCC(CO)NC(C)c1ccc(OC)cc1OC. The van der Waals surface area contributed by atoms with Crippen LogP contribution in [0.15, 0.2) is 18.2 Å². The van der Waals surface area contributed by atoms with E-state index in [1.54, 1.807) is 14.2 Å². The molecule has 0 aliphatic carbocycles. The van der Waals surface area contributed by atoms with E-state index in [1.165, 1.54) is 0 Å². The Morgan fingerprint density at radius 3 is 2.50 bits per heavy atom. The maximum atomic E-state index is 9.22. The minimum absolute atomic E-state index is 0.104. The Balaban J connectivity index is 2.87. The van der Waals surface area contributed by atoms with Crippen molar-refractivity contribution >= 4 is 0 Å². The van der Waals surface area contributed by atoms with Gasteiger partial charge in [-0.05, 0) is 19.4 Å². The molecule has 0 aliphatic rings. The van der Waals surface area contributed by atoms with Crippen molar-refractivity contribution in [3.63, 3.8) is 0 Å². The van der Waals surface area contributed by atoms with Crippen LogP contribution in [0.25, 0.3) is 0 Å². The van der Waals surface area contributed by atoms with Crippen molar-refractivity contribution in [2.45, 2.75) is 32.4 Å². The van der Waals surface area contributed by atoms with Crippen molar-refractivity contribution in [2.75, 3.05) is 20.8 Å². The van der Waals surface area contributed by atoms with E-state index < -0.39 is 0 Å². The van der Waals surface area contributed by atoms with Gasteiger partial charge in [-0.1, -0.05) is 13.0 Å². The highest BCUT2D eigenvalue weighted by atomic mass is 16.5. The lowest BCUT2D eigenvalue weighted by Gasteiger charge is -2.22. The first-order valence-electron chi connectivity index (χ1n) is 6.25. The summed E-state index contributed by atoms with van der Waals surface area (Å²) in [7, 11) is 3.28. The van der Waals surface area contributed by atoms with Crippen LogP contribution in [0.3, 0.4) is 0 Å². The molecule has 102 valence electrons. The van der Waals surface area contributed by atoms with E-state index in [0.717, 1.165) is 23.5 Å². The molecule has 0 radical (unpaired) electrons. The van der Waals surface area contributed by atoms with E-state index in [0.29, 0.717) is 0 Å². The molecule has 18 heavy (non-hydrogen) atoms. The number of nitrogens with one attached hydrogen (secondary N) is 1. The van der Waals surface area contributed by atoms with Crippen molar-refractivity contribution in [3.8, 4) is 11.5 Å². The Kier molecular flexibility index (Phi) is 5.95. The second-order valence-electron chi connectivity index (χ2n) is 4.28. The third kappa shape index (κ3) is 3.62. The lowest BCUT2D eigenvalue weighted by Crippen LogP contribution is -2.34. The molecule has 0 aromatic heterocycles. The standard InChI is InChI=1S/C14H23NO3/c1-5-11(9-16)15-10(2)13-7-6-12(17-3)8-14(13)18-4/h6-8,10-11,15-16H,5,9H2,1-4H3. The summed E-state index contributed by atoms with van der Waals surface area (Å²) >= 11 is 0. The third-order valence-electron chi connectivity index (χ3n) is 3.11. The molecular formula is C14H23NO3. The van der Waals surface area contributed by atoms with E-state index in [2.05, 4.69) is 12.2 Å². The van der Waals surface area contributed by atoms with Gasteiger partial charge in [0.2, 0.25) is 0 Å². The molecule has 0 heterocycles. The number of ether oxygens (including phenoxy) is 2. The van der Waals surface area contributed by atoms with Gasteiger partial charge in [-0.2, -0.15) is 0 Å². The summed E-state index contributed by atoms with van der Waals surface area (Å²) in [6.45, 7) is 4.24.